The summed E-state index contributed by atoms with van der Waals surface area (Å²) in [5.41, 5.74) is -3.91. The van der Waals surface area contributed by atoms with Crippen molar-refractivity contribution >= 4 is 40.1 Å². The lowest BCUT2D eigenvalue weighted by Gasteiger charge is -2.34. The maximum absolute atomic E-state index is 14.0. The van der Waals surface area contributed by atoms with E-state index in [1.807, 2.05) is 12.2 Å². The Kier molecular flexibility index (Phi) is 7.41. The summed E-state index contributed by atoms with van der Waals surface area (Å²) < 4.78 is 60.1. The molecule has 0 radical (unpaired) electrons. The number of esters is 1. The minimum Gasteiger partial charge on any atom is -0.463 e. The Morgan fingerprint density at radius 3 is 2.38 bits per heavy atom. The smallest absolute Gasteiger partial charge is 0.442 e. The number of halogens is 4. The van der Waals surface area contributed by atoms with Gasteiger partial charge in [0.05, 0.1) is 6.61 Å². The van der Waals surface area contributed by atoms with E-state index in [0.29, 0.717) is 10.1 Å². The number of anilines is 1. The van der Waals surface area contributed by atoms with E-state index in [1.165, 1.54) is 18.7 Å². The number of hydrogen-bond donors (Lipinski definition) is 2. The predicted octanol–water partition coefficient (Wildman–Crippen LogP) is 3.45. The van der Waals surface area contributed by atoms with Crippen LogP contribution in [0.2, 0.25) is 0 Å². The Morgan fingerprint density at radius 2 is 1.83 bits per heavy atom. The molecule has 1 aromatic heterocycles. The number of alkyl halides is 3. The zero-order valence-corrected chi connectivity index (χ0v) is 16.8. The van der Waals surface area contributed by atoms with Crippen LogP contribution in [0, 0.1) is 5.82 Å². The van der Waals surface area contributed by atoms with E-state index in [1.54, 1.807) is 5.32 Å². The molecule has 29 heavy (non-hydrogen) atoms. The summed E-state index contributed by atoms with van der Waals surface area (Å²) in [7, 11) is 0. The van der Waals surface area contributed by atoms with Crippen molar-refractivity contribution in [3.63, 3.8) is 0 Å². The summed E-state index contributed by atoms with van der Waals surface area (Å²) in [6.45, 7) is 2.78. The quantitative estimate of drug-likeness (QED) is 0.274. The van der Waals surface area contributed by atoms with Gasteiger partial charge >= 0.3 is 17.8 Å². The molecule has 0 unspecified atom stereocenters. The van der Waals surface area contributed by atoms with Crippen LogP contribution in [-0.4, -0.2) is 46.3 Å². The highest BCUT2D eigenvalue weighted by Crippen LogP contribution is 2.35. The van der Waals surface area contributed by atoms with Crippen molar-refractivity contribution in [2.45, 2.75) is 30.0 Å². The molecule has 2 rings (SSSR count). The molecule has 0 spiro atoms. The molecule has 1 heterocycles. The number of hydrogen-bond acceptors (Lipinski definition) is 8. The second-order valence-electron chi connectivity index (χ2n) is 5.36. The van der Waals surface area contributed by atoms with Crippen molar-refractivity contribution in [3.8, 4) is 0 Å². The van der Waals surface area contributed by atoms with E-state index in [2.05, 4.69) is 14.9 Å². The third kappa shape index (κ3) is 5.35. The number of aromatic nitrogens is 2. The third-order valence-electron chi connectivity index (χ3n) is 3.38. The number of carbonyl (C=O) groups excluding carboxylic acids is 2. The number of ether oxygens (including phenoxy) is 1. The minimum atomic E-state index is -5.31. The number of nitrogens with zero attached hydrogens (tertiary/aromatic N) is 2. The van der Waals surface area contributed by atoms with Gasteiger partial charge in [-0.3, -0.25) is 4.79 Å². The van der Waals surface area contributed by atoms with Gasteiger partial charge in [0.15, 0.2) is 4.34 Å². The first-order valence-electron chi connectivity index (χ1n) is 8.19. The molecule has 2 N–H and O–H groups in total. The zero-order valence-electron chi connectivity index (χ0n) is 15.2. The van der Waals surface area contributed by atoms with Crippen molar-refractivity contribution in [1.82, 2.24) is 15.5 Å². The summed E-state index contributed by atoms with van der Waals surface area (Å²) in [6, 6.07) is 3.78. The molecule has 1 aromatic carbocycles. The van der Waals surface area contributed by atoms with Crippen LogP contribution in [0.15, 0.2) is 28.6 Å². The number of rotatable bonds is 8. The normalized spacial score (nSPS) is 13.4. The fraction of sp³-hybridized carbons (Fsp3) is 0.375. The molecule has 1 atom stereocenters. The summed E-state index contributed by atoms with van der Waals surface area (Å²) in [5, 5.41) is 10.5. The first-order valence-corrected chi connectivity index (χ1v) is 9.99. The van der Waals surface area contributed by atoms with Crippen molar-refractivity contribution in [2.75, 3.05) is 17.7 Å². The lowest BCUT2D eigenvalue weighted by molar-refractivity contribution is -0.204. The molecule has 0 aliphatic heterocycles. The predicted molar refractivity (Wildman–Crippen MR) is 99.2 cm³/mol. The second-order valence-corrected chi connectivity index (χ2v) is 7.85. The van der Waals surface area contributed by atoms with Gasteiger partial charge in [-0.1, -0.05) is 30.0 Å². The number of thioether (sulfide) groups is 1. The van der Waals surface area contributed by atoms with Crippen LogP contribution in [-0.2, 0) is 9.53 Å². The molecule has 2 aromatic rings. The molecule has 0 saturated carbocycles. The highest BCUT2D eigenvalue weighted by molar-refractivity contribution is 8.01. The van der Waals surface area contributed by atoms with Gasteiger partial charge in [0.1, 0.15) is 5.82 Å². The maximum Gasteiger partial charge on any atom is 0.442 e. The van der Waals surface area contributed by atoms with E-state index in [-0.39, 0.29) is 17.3 Å². The number of benzene rings is 1. The molecular formula is C16H16F4N4O3S2. The largest absolute Gasteiger partial charge is 0.463 e. The molecule has 13 heteroatoms. The van der Waals surface area contributed by atoms with Gasteiger partial charge in [0.2, 0.25) is 5.13 Å². The molecule has 7 nitrogen and oxygen atoms in total. The van der Waals surface area contributed by atoms with Crippen LogP contribution in [0.25, 0.3) is 0 Å². The first kappa shape index (κ1) is 22.9. The van der Waals surface area contributed by atoms with Gasteiger partial charge in [0, 0.05) is 5.56 Å². The monoisotopic (exact) mass is 452 g/mol. The van der Waals surface area contributed by atoms with E-state index in [4.69, 9.17) is 0 Å². The topological polar surface area (TPSA) is 93.2 Å². The highest BCUT2D eigenvalue weighted by atomic mass is 32.2. The standard InChI is InChI=1S/C16H16F4N4O3S2/c1-3-27-12(26)15(16(18,19)20,22-13-23-24-14(29-13)28-4-2)21-11(25)9-5-7-10(17)8-6-9/h5-8H,3-4H2,1-2H3,(H,21,25)(H,22,23)/t15-/m0/s1. The first-order chi connectivity index (χ1) is 13.6. The average Bonchev–Trinajstić information content (AvgIpc) is 3.08. The third-order valence-corrected chi connectivity index (χ3v) is 5.24. The van der Waals surface area contributed by atoms with Crippen LogP contribution in [0.3, 0.4) is 0 Å². The molecular weight excluding hydrogens is 436 g/mol. The molecule has 0 saturated heterocycles. The maximum atomic E-state index is 14.0. The van der Waals surface area contributed by atoms with Crippen molar-refractivity contribution < 1.29 is 31.9 Å². The summed E-state index contributed by atoms with van der Waals surface area (Å²) in [4.78, 5) is 24.7. The fourth-order valence-electron chi connectivity index (χ4n) is 2.08. The van der Waals surface area contributed by atoms with E-state index >= 15 is 0 Å². The summed E-state index contributed by atoms with van der Waals surface area (Å²) in [5.74, 6) is -3.11. The highest BCUT2D eigenvalue weighted by Gasteiger charge is 2.64. The van der Waals surface area contributed by atoms with Gasteiger partial charge < -0.3 is 15.4 Å². The number of carbonyl (C=O) groups is 2. The number of amides is 1. The molecule has 0 aliphatic carbocycles. The second kappa shape index (κ2) is 9.39. The fourth-order valence-corrected chi connectivity index (χ4v) is 3.78. The van der Waals surface area contributed by atoms with Gasteiger partial charge in [-0.25, -0.2) is 9.18 Å². The molecule has 0 fully saturated rings. The lowest BCUT2D eigenvalue weighted by atomic mass is 10.1. The summed E-state index contributed by atoms with van der Waals surface area (Å²) >= 11 is 2.03. The van der Waals surface area contributed by atoms with Crippen LogP contribution in [0.5, 0.6) is 0 Å². The Morgan fingerprint density at radius 1 is 1.17 bits per heavy atom. The SMILES string of the molecule is CCOC(=O)[C@](NC(=O)c1ccc(F)cc1)(Nc1nnc(SCC)s1)C(F)(F)F. The Labute approximate surface area is 171 Å². The number of nitrogens with one attached hydrogen (secondary N) is 2. The van der Waals surface area contributed by atoms with E-state index < -0.39 is 29.5 Å². The Bertz CT molecular complexity index is 861. The minimum absolute atomic E-state index is 0.286. The van der Waals surface area contributed by atoms with Crippen molar-refractivity contribution in [3.05, 3.63) is 35.6 Å². The van der Waals surface area contributed by atoms with Crippen molar-refractivity contribution in [2.24, 2.45) is 0 Å². The lowest BCUT2D eigenvalue weighted by Crippen LogP contribution is -2.69. The van der Waals surface area contributed by atoms with Crippen LogP contribution in [0.4, 0.5) is 22.7 Å². The Hall–Kier alpha value is -2.41. The van der Waals surface area contributed by atoms with Crippen molar-refractivity contribution in [1.29, 1.82) is 0 Å². The molecule has 1 amide bonds. The van der Waals surface area contributed by atoms with Gasteiger partial charge in [-0.15, -0.1) is 10.2 Å². The zero-order chi connectivity index (χ0) is 21.7. The molecule has 158 valence electrons. The average molecular weight is 452 g/mol. The van der Waals surface area contributed by atoms with Crippen LogP contribution in [0.1, 0.15) is 24.2 Å². The van der Waals surface area contributed by atoms with Crippen LogP contribution < -0.4 is 10.6 Å². The van der Waals surface area contributed by atoms with Crippen LogP contribution >= 0.6 is 23.1 Å². The molecule has 0 aliphatic rings. The van der Waals surface area contributed by atoms with E-state index in [0.717, 1.165) is 35.6 Å². The van der Waals surface area contributed by atoms with E-state index in [9.17, 15) is 27.2 Å². The van der Waals surface area contributed by atoms with Gasteiger partial charge in [-0.05, 0) is 36.9 Å². The van der Waals surface area contributed by atoms with Gasteiger partial charge in [0.25, 0.3) is 5.91 Å². The van der Waals surface area contributed by atoms with Gasteiger partial charge in [-0.2, -0.15) is 13.2 Å². The summed E-state index contributed by atoms with van der Waals surface area (Å²) in [6.07, 6.45) is -5.31. The molecule has 0 bridgehead atoms. The Balaban J connectivity index is 2.45.